The first-order valence-corrected chi connectivity index (χ1v) is 6.17. The predicted molar refractivity (Wildman–Crippen MR) is 79.2 cm³/mol. The summed E-state index contributed by atoms with van der Waals surface area (Å²) in [7, 11) is 1.85. The number of aryl methyl sites for hydroxylation is 2. The molecule has 94 valence electrons. The first kappa shape index (κ1) is 12.9. The molecule has 0 fully saturated rings. The molecule has 0 unspecified atom stereocenters. The van der Waals surface area contributed by atoms with Crippen LogP contribution in [0.1, 0.15) is 5.56 Å². The van der Waals surface area contributed by atoms with Crippen LogP contribution in [0.2, 0.25) is 5.02 Å². The molecule has 0 bridgehead atoms. The Morgan fingerprint density at radius 1 is 1.33 bits per heavy atom. The van der Waals surface area contributed by atoms with Crippen molar-refractivity contribution in [2.75, 3.05) is 10.6 Å². The third kappa shape index (κ3) is 3.21. The average Bonchev–Trinajstić information content (AvgIpc) is 2.69. The zero-order chi connectivity index (χ0) is 13.1. The Labute approximate surface area is 116 Å². The SMILES string of the molecule is Cc1ccc(Cl)cc1NC(=S)Nc1ccn(C)n1. The number of nitrogens with one attached hydrogen (secondary N) is 2. The van der Waals surface area contributed by atoms with Crippen LogP contribution in [0, 0.1) is 6.92 Å². The molecule has 0 spiro atoms. The van der Waals surface area contributed by atoms with Crippen molar-refractivity contribution in [1.82, 2.24) is 9.78 Å². The lowest BCUT2D eigenvalue weighted by Crippen LogP contribution is -2.20. The quantitative estimate of drug-likeness (QED) is 0.829. The molecule has 0 saturated carbocycles. The van der Waals surface area contributed by atoms with E-state index in [2.05, 4.69) is 15.7 Å². The summed E-state index contributed by atoms with van der Waals surface area (Å²) in [5.41, 5.74) is 1.96. The molecule has 0 amide bonds. The normalized spacial score (nSPS) is 10.2. The summed E-state index contributed by atoms with van der Waals surface area (Å²) in [6, 6.07) is 7.47. The van der Waals surface area contributed by atoms with Crippen LogP contribution in [-0.2, 0) is 7.05 Å². The fourth-order valence-corrected chi connectivity index (χ4v) is 1.87. The Hall–Kier alpha value is -1.59. The van der Waals surface area contributed by atoms with Gasteiger partial charge in [0.15, 0.2) is 10.9 Å². The number of rotatable bonds is 2. The van der Waals surface area contributed by atoms with Crippen LogP contribution in [0.15, 0.2) is 30.5 Å². The lowest BCUT2D eigenvalue weighted by molar-refractivity contribution is 0.772. The fourth-order valence-electron chi connectivity index (χ4n) is 1.48. The maximum Gasteiger partial charge on any atom is 0.176 e. The smallest absolute Gasteiger partial charge is 0.176 e. The number of benzene rings is 1. The Morgan fingerprint density at radius 2 is 2.11 bits per heavy atom. The standard InChI is InChI=1S/C12H13ClN4S/c1-8-3-4-9(13)7-10(8)14-12(18)15-11-5-6-17(2)16-11/h3-7H,1-2H3,(H2,14,15,16,18). The summed E-state index contributed by atoms with van der Waals surface area (Å²) < 4.78 is 1.70. The van der Waals surface area contributed by atoms with Crippen LogP contribution < -0.4 is 10.6 Å². The van der Waals surface area contributed by atoms with Crippen molar-refractivity contribution < 1.29 is 0 Å². The van der Waals surface area contributed by atoms with Gasteiger partial charge in [0.2, 0.25) is 0 Å². The molecule has 0 aliphatic carbocycles. The molecule has 0 atom stereocenters. The highest BCUT2D eigenvalue weighted by molar-refractivity contribution is 7.80. The summed E-state index contributed by atoms with van der Waals surface area (Å²) in [6.07, 6.45) is 1.84. The zero-order valence-electron chi connectivity index (χ0n) is 10.1. The van der Waals surface area contributed by atoms with Gasteiger partial charge in [0, 0.05) is 30.0 Å². The van der Waals surface area contributed by atoms with E-state index < -0.39 is 0 Å². The van der Waals surface area contributed by atoms with Gasteiger partial charge >= 0.3 is 0 Å². The minimum Gasteiger partial charge on any atom is -0.332 e. The molecule has 0 aliphatic heterocycles. The van der Waals surface area contributed by atoms with E-state index in [1.165, 1.54) is 0 Å². The van der Waals surface area contributed by atoms with E-state index in [4.69, 9.17) is 23.8 Å². The van der Waals surface area contributed by atoms with Gasteiger partial charge in [0.1, 0.15) is 0 Å². The van der Waals surface area contributed by atoms with Crippen LogP contribution in [-0.4, -0.2) is 14.9 Å². The highest BCUT2D eigenvalue weighted by atomic mass is 35.5. The lowest BCUT2D eigenvalue weighted by Gasteiger charge is -2.11. The topological polar surface area (TPSA) is 41.9 Å². The van der Waals surface area contributed by atoms with E-state index in [9.17, 15) is 0 Å². The third-order valence-electron chi connectivity index (χ3n) is 2.40. The summed E-state index contributed by atoms with van der Waals surface area (Å²) in [4.78, 5) is 0. The van der Waals surface area contributed by atoms with Gasteiger partial charge in [-0.2, -0.15) is 5.10 Å². The fraction of sp³-hybridized carbons (Fsp3) is 0.167. The van der Waals surface area contributed by atoms with Gasteiger partial charge in [-0.3, -0.25) is 4.68 Å². The van der Waals surface area contributed by atoms with E-state index >= 15 is 0 Å². The highest BCUT2D eigenvalue weighted by Gasteiger charge is 2.04. The second kappa shape index (κ2) is 5.37. The molecule has 2 aromatic rings. The zero-order valence-corrected chi connectivity index (χ0v) is 11.6. The second-order valence-electron chi connectivity index (χ2n) is 3.91. The Morgan fingerprint density at radius 3 is 2.78 bits per heavy atom. The summed E-state index contributed by atoms with van der Waals surface area (Å²) in [5, 5.41) is 11.4. The minimum atomic E-state index is 0.485. The molecule has 1 aromatic carbocycles. The molecule has 1 heterocycles. The Balaban J connectivity index is 2.05. The number of nitrogens with zero attached hydrogens (tertiary/aromatic N) is 2. The van der Waals surface area contributed by atoms with Crippen molar-refractivity contribution in [2.24, 2.45) is 7.05 Å². The predicted octanol–water partition coefficient (Wildman–Crippen LogP) is 3.19. The number of hydrogen-bond donors (Lipinski definition) is 2. The van der Waals surface area contributed by atoms with Crippen LogP contribution >= 0.6 is 23.8 Å². The monoisotopic (exact) mass is 280 g/mol. The van der Waals surface area contributed by atoms with Crippen molar-refractivity contribution in [3.63, 3.8) is 0 Å². The molecule has 2 rings (SSSR count). The molecule has 4 nitrogen and oxygen atoms in total. The maximum atomic E-state index is 5.94. The second-order valence-corrected chi connectivity index (χ2v) is 4.76. The number of aromatic nitrogens is 2. The number of anilines is 2. The van der Waals surface area contributed by atoms with Gasteiger partial charge in [0.25, 0.3) is 0 Å². The van der Waals surface area contributed by atoms with Crippen molar-refractivity contribution in [1.29, 1.82) is 0 Å². The van der Waals surface area contributed by atoms with E-state index in [0.29, 0.717) is 16.0 Å². The molecule has 0 radical (unpaired) electrons. The van der Waals surface area contributed by atoms with Gasteiger partial charge < -0.3 is 10.6 Å². The van der Waals surface area contributed by atoms with Crippen molar-refractivity contribution in [3.8, 4) is 0 Å². The number of hydrogen-bond acceptors (Lipinski definition) is 2. The molecule has 18 heavy (non-hydrogen) atoms. The number of halogens is 1. The molecular weight excluding hydrogens is 268 g/mol. The van der Waals surface area contributed by atoms with Gasteiger partial charge in [-0.15, -0.1) is 0 Å². The van der Waals surface area contributed by atoms with Gasteiger partial charge in [-0.25, -0.2) is 0 Å². The van der Waals surface area contributed by atoms with Crippen molar-refractivity contribution >= 4 is 40.4 Å². The maximum absolute atomic E-state index is 5.94. The lowest BCUT2D eigenvalue weighted by atomic mass is 10.2. The summed E-state index contributed by atoms with van der Waals surface area (Å²) >= 11 is 11.2. The highest BCUT2D eigenvalue weighted by Crippen LogP contribution is 2.20. The van der Waals surface area contributed by atoms with E-state index in [-0.39, 0.29) is 0 Å². The van der Waals surface area contributed by atoms with Crippen molar-refractivity contribution in [3.05, 3.63) is 41.0 Å². The molecule has 0 aliphatic rings. The molecule has 6 heteroatoms. The third-order valence-corrected chi connectivity index (χ3v) is 2.84. The largest absolute Gasteiger partial charge is 0.332 e. The van der Waals surface area contributed by atoms with Gasteiger partial charge in [-0.1, -0.05) is 17.7 Å². The summed E-state index contributed by atoms with van der Waals surface area (Å²) in [6.45, 7) is 1.99. The first-order chi connectivity index (χ1) is 8.54. The van der Waals surface area contributed by atoms with Crippen LogP contribution in [0.3, 0.4) is 0 Å². The van der Waals surface area contributed by atoms with Gasteiger partial charge in [-0.05, 0) is 36.8 Å². The molecule has 0 saturated heterocycles. The van der Waals surface area contributed by atoms with Crippen molar-refractivity contribution in [2.45, 2.75) is 6.92 Å². The van der Waals surface area contributed by atoms with E-state index in [0.717, 1.165) is 11.3 Å². The Kier molecular flexibility index (Phi) is 3.84. The molecule has 1 aromatic heterocycles. The van der Waals surface area contributed by atoms with Gasteiger partial charge in [0.05, 0.1) is 0 Å². The van der Waals surface area contributed by atoms with Crippen LogP contribution in [0.5, 0.6) is 0 Å². The van der Waals surface area contributed by atoms with Crippen LogP contribution in [0.4, 0.5) is 11.5 Å². The average molecular weight is 281 g/mol. The number of thiocarbonyl (C=S) groups is 1. The molecular formula is C12H13ClN4S. The molecule has 2 N–H and O–H groups in total. The summed E-state index contributed by atoms with van der Waals surface area (Å²) in [5.74, 6) is 0.703. The Bertz CT molecular complexity index is 579. The first-order valence-electron chi connectivity index (χ1n) is 5.38. The van der Waals surface area contributed by atoms with E-state index in [1.54, 1.807) is 4.68 Å². The van der Waals surface area contributed by atoms with E-state index in [1.807, 2.05) is 44.4 Å². The minimum absolute atomic E-state index is 0.485. The van der Waals surface area contributed by atoms with Crippen LogP contribution in [0.25, 0.3) is 0 Å².